The molecule has 1 atom stereocenters. The molecule has 0 N–H and O–H groups in total. The van der Waals surface area contributed by atoms with E-state index in [1.807, 2.05) is 24.3 Å². The van der Waals surface area contributed by atoms with Gasteiger partial charge in [0.2, 0.25) is 0 Å². The fourth-order valence-corrected chi connectivity index (χ4v) is 2.45. The van der Waals surface area contributed by atoms with Crippen molar-refractivity contribution in [2.45, 2.75) is 25.9 Å². The third-order valence-corrected chi connectivity index (χ3v) is 3.59. The lowest BCUT2D eigenvalue weighted by Crippen LogP contribution is -2.01. The largest absolute Gasteiger partial charge is 0.449 e. The normalized spacial score (nSPS) is 17.4. The number of rotatable bonds is 2. The van der Waals surface area contributed by atoms with Gasteiger partial charge in [-0.25, -0.2) is 4.79 Å². The summed E-state index contributed by atoms with van der Waals surface area (Å²) in [7, 11) is 0. The topological polar surface area (TPSA) is 26.3 Å². The van der Waals surface area contributed by atoms with E-state index in [2.05, 4.69) is 38.1 Å². The van der Waals surface area contributed by atoms with Gasteiger partial charge >= 0.3 is 5.97 Å². The number of hydrogen-bond donors (Lipinski definition) is 0. The molecule has 0 bridgehead atoms. The van der Waals surface area contributed by atoms with Crippen LogP contribution in [0.2, 0.25) is 0 Å². The van der Waals surface area contributed by atoms with Crippen LogP contribution in [0.15, 0.2) is 48.5 Å². The first kappa shape index (κ1) is 12.0. The van der Waals surface area contributed by atoms with Crippen LogP contribution in [0, 0.1) is 0 Å². The van der Waals surface area contributed by atoms with E-state index in [1.165, 1.54) is 5.56 Å². The minimum Gasteiger partial charge on any atom is -0.449 e. The van der Waals surface area contributed by atoms with Crippen molar-refractivity contribution in [3.63, 3.8) is 0 Å². The molecule has 2 aromatic rings. The van der Waals surface area contributed by atoms with Crippen LogP contribution in [0.5, 0.6) is 0 Å². The minimum absolute atomic E-state index is 0.228. The van der Waals surface area contributed by atoms with Gasteiger partial charge in [0.05, 0.1) is 5.56 Å². The van der Waals surface area contributed by atoms with Crippen LogP contribution < -0.4 is 0 Å². The van der Waals surface area contributed by atoms with Crippen molar-refractivity contribution in [3.8, 4) is 0 Å². The molecule has 0 aliphatic carbocycles. The molecule has 1 heterocycles. The van der Waals surface area contributed by atoms with Crippen molar-refractivity contribution >= 4 is 5.97 Å². The van der Waals surface area contributed by atoms with E-state index in [9.17, 15) is 4.79 Å². The van der Waals surface area contributed by atoms with Crippen LogP contribution in [0.25, 0.3) is 0 Å². The molecule has 0 fully saturated rings. The molecule has 0 aromatic heterocycles. The van der Waals surface area contributed by atoms with Crippen LogP contribution >= 0.6 is 0 Å². The summed E-state index contributed by atoms with van der Waals surface area (Å²) >= 11 is 0. The van der Waals surface area contributed by atoms with Crippen LogP contribution in [0.4, 0.5) is 0 Å². The molecule has 2 heteroatoms. The van der Waals surface area contributed by atoms with Gasteiger partial charge in [0.15, 0.2) is 6.10 Å². The standard InChI is InChI=1S/C17H16O2/c1-11(2)12-7-9-13(10-8-12)16-14-5-3-4-6-15(14)17(18)19-16/h3-11,16H,1-2H3. The fourth-order valence-electron chi connectivity index (χ4n) is 2.45. The highest BCUT2D eigenvalue weighted by atomic mass is 16.5. The molecule has 0 radical (unpaired) electrons. The Morgan fingerprint density at radius 3 is 2.37 bits per heavy atom. The van der Waals surface area contributed by atoms with Crippen LogP contribution in [0.3, 0.4) is 0 Å². The van der Waals surface area contributed by atoms with Crippen molar-refractivity contribution in [1.29, 1.82) is 0 Å². The maximum atomic E-state index is 11.8. The summed E-state index contributed by atoms with van der Waals surface area (Å²) in [5.74, 6) is 0.279. The van der Waals surface area contributed by atoms with E-state index >= 15 is 0 Å². The number of esters is 1. The van der Waals surface area contributed by atoms with Gasteiger partial charge in [-0.2, -0.15) is 0 Å². The number of benzene rings is 2. The molecule has 1 aliphatic heterocycles. The zero-order valence-corrected chi connectivity index (χ0v) is 11.1. The Labute approximate surface area is 113 Å². The smallest absolute Gasteiger partial charge is 0.339 e. The summed E-state index contributed by atoms with van der Waals surface area (Å²) in [6.07, 6.45) is -0.259. The van der Waals surface area contributed by atoms with Gasteiger partial charge < -0.3 is 4.74 Å². The van der Waals surface area contributed by atoms with Crippen LogP contribution in [-0.4, -0.2) is 5.97 Å². The Kier molecular flexibility index (Phi) is 2.86. The van der Waals surface area contributed by atoms with E-state index < -0.39 is 0 Å². The van der Waals surface area contributed by atoms with E-state index in [0.29, 0.717) is 11.5 Å². The average molecular weight is 252 g/mol. The van der Waals surface area contributed by atoms with E-state index in [0.717, 1.165) is 11.1 Å². The molecule has 0 saturated heterocycles. The Morgan fingerprint density at radius 2 is 1.68 bits per heavy atom. The van der Waals surface area contributed by atoms with Gasteiger partial charge in [0.1, 0.15) is 0 Å². The summed E-state index contributed by atoms with van der Waals surface area (Å²) in [6, 6.07) is 15.9. The van der Waals surface area contributed by atoms with Gasteiger partial charge in [-0.3, -0.25) is 0 Å². The van der Waals surface area contributed by atoms with Gasteiger partial charge in [0.25, 0.3) is 0 Å². The van der Waals surface area contributed by atoms with Crippen molar-refractivity contribution in [2.75, 3.05) is 0 Å². The quantitative estimate of drug-likeness (QED) is 0.753. The first-order valence-electron chi connectivity index (χ1n) is 6.56. The Balaban J connectivity index is 1.98. The fraction of sp³-hybridized carbons (Fsp3) is 0.235. The molecule has 19 heavy (non-hydrogen) atoms. The van der Waals surface area contributed by atoms with Crippen LogP contribution in [0.1, 0.15) is 52.9 Å². The number of ether oxygens (including phenoxy) is 1. The zero-order valence-electron chi connectivity index (χ0n) is 11.1. The molecular formula is C17H16O2. The van der Waals surface area contributed by atoms with Crippen molar-refractivity contribution in [3.05, 3.63) is 70.8 Å². The second-order valence-corrected chi connectivity index (χ2v) is 5.19. The molecule has 1 aliphatic rings. The Bertz CT molecular complexity index is 611. The number of hydrogen-bond acceptors (Lipinski definition) is 2. The van der Waals surface area contributed by atoms with E-state index in [4.69, 9.17) is 4.74 Å². The third kappa shape index (κ3) is 2.03. The van der Waals surface area contributed by atoms with Gasteiger partial charge in [-0.1, -0.05) is 56.3 Å². The SMILES string of the molecule is CC(C)c1ccc(C2OC(=O)c3ccccc32)cc1. The summed E-state index contributed by atoms with van der Waals surface area (Å²) in [5.41, 5.74) is 3.97. The average Bonchev–Trinajstić information content (AvgIpc) is 2.77. The molecule has 0 saturated carbocycles. The maximum Gasteiger partial charge on any atom is 0.339 e. The predicted octanol–water partition coefficient (Wildman–Crippen LogP) is 4.07. The van der Waals surface area contributed by atoms with E-state index in [-0.39, 0.29) is 12.1 Å². The first-order valence-corrected chi connectivity index (χ1v) is 6.56. The molecule has 1 unspecified atom stereocenters. The van der Waals surface area contributed by atoms with Crippen molar-refractivity contribution in [2.24, 2.45) is 0 Å². The molecule has 0 amide bonds. The van der Waals surface area contributed by atoms with Crippen molar-refractivity contribution < 1.29 is 9.53 Å². The summed E-state index contributed by atoms with van der Waals surface area (Å²) in [5, 5.41) is 0. The molecule has 3 rings (SSSR count). The lowest BCUT2D eigenvalue weighted by molar-refractivity contribution is 0.0456. The highest BCUT2D eigenvalue weighted by molar-refractivity contribution is 5.94. The number of fused-ring (bicyclic) bond motifs is 1. The predicted molar refractivity (Wildman–Crippen MR) is 74.2 cm³/mol. The van der Waals surface area contributed by atoms with Crippen molar-refractivity contribution in [1.82, 2.24) is 0 Å². The van der Waals surface area contributed by atoms with Gasteiger partial charge in [0, 0.05) is 5.56 Å². The molecule has 2 nitrogen and oxygen atoms in total. The number of carbonyl (C=O) groups excluding carboxylic acids is 1. The summed E-state index contributed by atoms with van der Waals surface area (Å²) < 4.78 is 5.48. The first-order chi connectivity index (χ1) is 9.16. The molecule has 2 aromatic carbocycles. The zero-order chi connectivity index (χ0) is 13.4. The third-order valence-electron chi connectivity index (χ3n) is 3.59. The molecular weight excluding hydrogens is 236 g/mol. The van der Waals surface area contributed by atoms with E-state index in [1.54, 1.807) is 0 Å². The second-order valence-electron chi connectivity index (χ2n) is 5.19. The maximum absolute atomic E-state index is 11.8. The van der Waals surface area contributed by atoms with Crippen LogP contribution in [-0.2, 0) is 4.74 Å². The summed E-state index contributed by atoms with van der Waals surface area (Å²) in [4.78, 5) is 11.8. The summed E-state index contributed by atoms with van der Waals surface area (Å²) in [6.45, 7) is 4.33. The highest BCUT2D eigenvalue weighted by Gasteiger charge is 2.31. The van der Waals surface area contributed by atoms with Gasteiger partial charge in [-0.15, -0.1) is 0 Å². The second kappa shape index (κ2) is 4.54. The minimum atomic E-state index is -0.259. The number of cyclic esters (lactones) is 1. The molecule has 0 spiro atoms. The Morgan fingerprint density at radius 1 is 1.00 bits per heavy atom. The van der Waals surface area contributed by atoms with Gasteiger partial charge in [-0.05, 0) is 23.1 Å². The highest BCUT2D eigenvalue weighted by Crippen LogP contribution is 2.35. The molecule has 96 valence electrons. The Hall–Kier alpha value is -2.09. The monoisotopic (exact) mass is 252 g/mol. The number of carbonyl (C=O) groups is 1. The lowest BCUT2D eigenvalue weighted by Gasteiger charge is -2.12. The lowest BCUT2D eigenvalue weighted by atomic mass is 9.96.